The van der Waals surface area contributed by atoms with Gasteiger partial charge in [-0.1, -0.05) is 29.4 Å². The molecule has 0 aromatic heterocycles. The minimum atomic E-state index is -0.432. The lowest BCUT2D eigenvalue weighted by Gasteiger charge is -2.12. The van der Waals surface area contributed by atoms with Crippen molar-refractivity contribution in [2.24, 2.45) is 5.16 Å². The summed E-state index contributed by atoms with van der Waals surface area (Å²) < 4.78 is 5.71. The Labute approximate surface area is 140 Å². The maximum atomic E-state index is 10.8. The molecule has 0 aliphatic rings. The average Bonchev–Trinajstić information content (AvgIpc) is 2.56. The predicted octanol–water partition coefficient (Wildman–Crippen LogP) is 4.49. The quantitative estimate of drug-likeness (QED) is 0.426. The van der Waals surface area contributed by atoms with E-state index in [0.717, 1.165) is 11.3 Å². The number of nitrogens with zero attached hydrogens (tertiary/aromatic N) is 2. The molecule has 0 spiro atoms. The minimum absolute atomic E-state index is 0.0302. The molecule has 6 heteroatoms. The van der Waals surface area contributed by atoms with Gasteiger partial charge in [-0.15, -0.1) is 0 Å². The Morgan fingerprint density at radius 3 is 2.58 bits per heavy atom. The van der Waals surface area contributed by atoms with Crippen molar-refractivity contribution in [2.75, 3.05) is 0 Å². The molecule has 0 aliphatic heterocycles. The standard InChI is InChI=1S/C18H20N2O4/c1-13(2)23-18-10-5-4-7-16(18)12-19-24-14(3)15-8-6-9-17(11-15)20(21)22/h4-14H,1-3H3/b19-12+. The van der Waals surface area contributed by atoms with E-state index in [2.05, 4.69) is 5.16 Å². The van der Waals surface area contributed by atoms with Crippen molar-refractivity contribution >= 4 is 11.9 Å². The molecule has 0 N–H and O–H groups in total. The van der Waals surface area contributed by atoms with Gasteiger partial charge in [0.2, 0.25) is 0 Å². The molecule has 6 nitrogen and oxygen atoms in total. The Morgan fingerprint density at radius 1 is 1.12 bits per heavy atom. The second-order valence-corrected chi connectivity index (χ2v) is 5.54. The van der Waals surface area contributed by atoms with E-state index in [1.165, 1.54) is 12.1 Å². The lowest BCUT2D eigenvalue weighted by molar-refractivity contribution is -0.385. The van der Waals surface area contributed by atoms with Crippen LogP contribution in [0.2, 0.25) is 0 Å². The van der Waals surface area contributed by atoms with Gasteiger partial charge in [0.1, 0.15) is 11.9 Å². The highest BCUT2D eigenvalue weighted by molar-refractivity contribution is 5.83. The molecule has 0 bridgehead atoms. The van der Waals surface area contributed by atoms with Gasteiger partial charge in [0.15, 0.2) is 0 Å². The van der Waals surface area contributed by atoms with Crippen LogP contribution in [0.4, 0.5) is 5.69 Å². The van der Waals surface area contributed by atoms with Crippen LogP contribution in [0.3, 0.4) is 0 Å². The fraction of sp³-hybridized carbons (Fsp3) is 0.278. The van der Waals surface area contributed by atoms with Gasteiger partial charge < -0.3 is 9.57 Å². The van der Waals surface area contributed by atoms with Crippen LogP contribution in [0.25, 0.3) is 0 Å². The van der Waals surface area contributed by atoms with Crippen molar-refractivity contribution in [1.29, 1.82) is 0 Å². The zero-order chi connectivity index (χ0) is 17.5. The summed E-state index contributed by atoms with van der Waals surface area (Å²) in [5.41, 5.74) is 1.52. The van der Waals surface area contributed by atoms with Gasteiger partial charge in [0.25, 0.3) is 5.69 Å². The molecule has 0 saturated carbocycles. The molecule has 0 fully saturated rings. The van der Waals surface area contributed by atoms with Crippen LogP contribution in [0.15, 0.2) is 53.7 Å². The third-order valence-corrected chi connectivity index (χ3v) is 3.24. The molecule has 2 aromatic rings. The zero-order valence-corrected chi connectivity index (χ0v) is 13.9. The Morgan fingerprint density at radius 2 is 1.88 bits per heavy atom. The van der Waals surface area contributed by atoms with Crippen molar-refractivity contribution in [3.8, 4) is 5.75 Å². The van der Waals surface area contributed by atoms with Crippen molar-refractivity contribution in [1.82, 2.24) is 0 Å². The second-order valence-electron chi connectivity index (χ2n) is 5.54. The van der Waals surface area contributed by atoms with Crippen LogP contribution in [0.5, 0.6) is 5.75 Å². The van der Waals surface area contributed by atoms with Gasteiger partial charge in [-0.2, -0.15) is 0 Å². The molecule has 2 rings (SSSR count). The summed E-state index contributed by atoms with van der Waals surface area (Å²) in [5, 5.41) is 14.8. The smallest absolute Gasteiger partial charge is 0.269 e. The van der Waals surface area contributed by atoms with Gasteiger partial charge >= 0.3 is 0 Å². The third kappa shape index (κ3) is 4.81. The van der Waals surface area contributed by atoms with Crippen LogP contribution in [-0.4, -0.2) is 17.2 Å². The number of hydrogen-bond acceptors (Lipinski definition) is 5. The first-order valence-corrected chi connectivity index (χ1v) is 7.66. The topological polar surface area (TPSA) is 74.0 Å². The van der Waals surface area contributed by atoms with E-state index < -0.39 is 11.0 Å². The maximum Gasteiger partial charge on any atom is 0.269 e. The van der Waals surface area contributed by atoms with Gasteiger partial charge in [-0.3, -0.25) is 10.1 Å². The number of oxime groups is 1. The van der Waals surface area contributed by atoms with Gasteiger partial charge in [0, 0.05) is 23.3 Å². The second kappa shape index (κ2) is 8.10. The summed E-state index contributed by atoms with van der Waals surface area (Å²) in [6, 6.07) is 13.8. The monoisotopic (exact) mass is 328 g/mol. The summed E-state index contributed by atoms with van der Waals surface area (Å²) >= 11 is 0. The highest BCUT2D eigenvalue weighted by Gasteiger charge is 2.11. The van der Waals surface area contributed by atoms with Crippen LogP contribution in [0.1, 0.15) is 38.0 Å². The van der Waals surface area contributed by atoms with E-state index in [-0.39, 0.29) is 11.8 Å². The van der Waals surface area contributed by atoms with E-state index in [9.17, 15) is 10.1 Å². The van der Waals surface area contributed by atoms with Crippen LogP contribution in [0, 0.1) is 10.1 Å². The van der Waals surface area contributed by atoms with E-state index >= 15 is 0 Å². The van der Waals surface area contributed by atoms with E-state index in [1.54, 1.807) is 25.3 Å². The van der Waals surface area contributed by atoms with Gasteiger partial charge in [-0.05, 0) is 32.9 Å². The first-order chi connectivity index (χ1) is 11.5. The zero-order valence-electron chi connectivity index (χ0n) is 13.9. The molecular formula is C18H20N2O4. The van der Waals surface area contributed by atoms with Crippen molar-refractivity contribution in [2.45, 2.75) is 33.0 Å². The van der Waals surface area contributed by atoms with E-state index in [4.69, 9.17) is 9.57 Å². The predicted molar refractivity (Wildman–Crippen MR) is 92.4 cm³/mol. The van der Waals surface area contributed by atoms with Crippen molar-refractivity contribution < 1.29 is 14.5 Å². The van der Waals surface area contributed by atoms with E-state index in [1.807, 2.05) is 38.1 Å². The fourth-order valence-electron chi connectivity index (χ4n) is 2.08. The number of nitro benzene ring substituents is 1. The molecule has 24 heavy (non-hydrogen) atoms. The summed E-state index contributed by atoms with van der Waals surface area (Å²) in [7, 11) is 0. The highest BCUT2D eigenvalue weighted by Crippen LogP contribution is 2.22. The molecule has 0 amide bonds. The Kier molecular flexibility index (Phi) is 5.89. The fourth-order valence-corrected chi connectivity index (χ4v) is 2.08. The molecule has 126 valence electrons. The van der Waals surface area contributed by atoms with Crippen LogP contribution < -0.4 is 4.74 Å². The normalized spacial score (nSPS) is 12.3. The summed E-state index contributed by atoms with van der Waals surface area (Å²) in [4.78, 5) is 15.8. The van der Waals surface area contributed by atoms with E-state index in [0.29, 0.717) is 5.56 Å². The van der Waals surface area contributed by atoms with Crippen molar-refractivity contribution in [3.05, 3.63) is 69.8 Å². The molecule has 0 aliphatic carbocycles. The van der Waals surface area contributed by atoms with Crippen molar-refractivity contribution in [3.63, 3.8) is 0 Å². The molecule has 2 aromatic carbocycles. The molecule has 0 radical (unpaired) electrons. The maximum absolute atomic E-state index is 10.8. The van der Waals surface area contributed by atoms with Gasteiger partial charge in [-0.25, -0.2) is 0 Å². The van der Waals surface area contributed by atoms with Crippen LogP contribution in [-0.2, 0) is 4.84 Å². The summed E-state index contributed by atoms with van der Waals surface area (Å²) in [6.07, 6.45) is 1.23. The first-order valence-electron chi connectivity index (χ1n) is 7.66. The molecule has 0 heterocycles. The first kappa shape index (κ1) is 17.5. The number of hydrogen-bond donors (Lipinski definition) is 0. The Hall–Kier alpha value is -2.89. The molecule has 0 saturated heterocycles. The Bertz CT molecular complexity index is 728. The van der Waals surface area contributed by atoms with Crippen LogP contribution >= 0.6 is 0 Å². The molecule has 1 atom stereocenters. The number of rotatable bonds is 7. The lowest BCUT2D eigenvalue weighted by atomic mass is 10.1. The minimum Gasteiger partial charge on any atom is -0.490 e. The van der Waals surface area contributed by atoms with Gasteiger partial charge in [0.05, 0.1) is 17.2 Å². The number of benzene rings is 2. The SMILES string of the molecule is CC(C)Oc1ccccc1/C=N/OC(C)c1cccc([N+](=O)[O-])c1. The Balaban J connectivity index is 2.06. The molecule has 1 unspecified atom stereocenters. The number of ether oxygens (including phenoxy) is 1. The summed E-state index contributed by atoms with van der Waals surface area (Å²) in [5.74, 6) is 0.725. The number of nitro groups is 1. The largest absolute Gasteiger partial charge is 0.490 e. The average molecular weight is 328 g/mol. The highest BCUT2D eigenvalue weighted by atomic mass is 16.6. The summed E-state index contributed by atoms with van der Waals surface area (Å²) in [6.45, 7) is 5.69. The lowest BCUT2D eigenvalue weighted by Crippen LogP contribution is -2.07. The number of para-hydroxylation sites is 1. The number of non-ortho nitro benzene ring substituents is 1. The molecular weight excluding hydrogens is 308 g/mol. The third-order valence-electron chi connectivity index (χ3n) is 3.24.